The second-order valence-corrected chi connectivity index (χ2v) is 14.2. The van der Waals surface area contributed by atoms with Gasteiger partial charge in [0.25, 0.3) is 0 Å². The maximum absolute atomic E-state index is 13.0. The van der Waals surface area contributed by atoms with Gasteiger partial charge in [-0.1, -0.05) is 17.7 Å². The third-order valence-corrected chi connectivity index (χ3v) is 11.1. The van der Waals surface area contributed by atoms with Crippen LogP contribution in [0.3, 0.4) is 0 Å². The normalized spacial score (nSPS) is 11.4. The fourth-order valence-electron chi connectivity index (χ4n) is 5.96. The van der Waals surface area contributed by atoms with E-state index in [4.69, 9.17) is 31.3 Å². The van der Waals surface area contributed by atoms with Crippen molar-refractivity contribution in [3.8, 4) is 16.9 Å². The van der Waals surface area contributed by atoms with Crippen LogP contribution >= 0.6 is 35.1 Å². The molecule has 3 aromatic heterocycles. The topological polar surface area (TPSA) is 113 Å². The highest BCUT2D eigenvalue weighted by Crippen LogP contribution is 2.43. The molecule has 13 heteroatoms. The van der Waals surface area contributed by atoms with Crippen molar-refractivity contribution >= 4 is 58.0 Å². The molecule has 1 N–H and O–H groups in total. The number of phenolic OH excluding ortho intramolecular Hbond substituents is 1. The molecule has 5 aromatic rings. The van der Waals surface area contributed by atoms with Crippen LogP contribution in [-0.4, -0.2) is 55.4 Å². The molecule has 0 radical (unpaired) electrons. The average Bonchev–Trinajstić information content (AvgIpc) is 3.66. The summed E-state index contributed by atoms with van der Waals surface area (Å²) < 4.78 is 15.6. The molecule has 0 saturated heterocycles. The van der Waals surface area contributed by atoms with E-state index in [1.54, 1.807) is 23.5 Å². The van der Waals surface area contributed by atoms with Crippen molar-refractivity contribution < 1.29 is 24.2 Å². The van der Waals surface area contributed by atoms with Crippen molar-refractivity contribution in [1.82, 2.24) is 24.1 Å². The van der Waals surface area contributed by atoms with Crippen LogP contribution in [-0.2, 0) is 59.1 Å². The molecule has 0 bridgehead atoms. The maximum atomic E-state index is 13.0. The Morgan fingerprint density at radius 1 is 0.938 bits per heavy atom. The monoisotopic (exact) mass is 709 g/mol. The van der Waals surface area contributed by atoms with Crippen LogP contribution in [0.5, 0.6) is 5.75 Å². The van der Waals surface area contributed by atoms with Gasteiger partial charge in [-0.05, 0) is 68.1 Å². The van der Waals surface area contributed by atoms with Crippen molar-refractivity contribution in [3.05, 3.63) is 80.5 Å². The first kappa shape index (κ1) is 35.4. The number of aryl methyl sites for hydroxylation is 5. The lowest BCUT2D eigenvalue weighted by Gasteiger charge is -2.11. The molecule has 0 aliphatic rings. The van der Waals surface area contributed by atoms with E-state index in [1.807, 2.05) is 74.0 Å². The first-order valence-corrected chi connectivity index (χ1v) is 17.9. The predicted molar refractivity (Wildman–Crippen MR) is 192 cm³/mol. The molecule has 0 fully saturated rings. The summed E-state index contributed by atoms with van der Waals surface area (Å²) in [5.74, 6) is 1.49. The zero-order chi connectivity index (χ0) is 34.9. The smallest absolute Gasteiger partial charge is 0.354 e. The number of benzene rings is 2. The summed E-state index contributed by atoms with van der Waals surface area (Å²) in [7, 11) is 8.37. The van der Waals surface area contributed by atoms with Crippen LogP contribution in [0.15, 0.2) is 35.2 Å². The number of fused-ring (bicyclic) bond motifs is 1. The summed E-state index contributed by atoms with van der Waals surface area (Å²) in [6.45, 7) is 5.93. The second kappa shape index (κ2) is 14.7. The van der Waals surface area contributed by atoms with Gasteiger partial charge >= 0.3 is 11.9 Å². The lowest BCUT2D eigenvalue weighted by molar-refractivity contribution is -0.140. The fourth-order valence-corrected chi connectivity index (χ4v) is 8.09. The number of rotatable bonds is 12. The lowest BCUT2D eigenvalue weighted by Crippen LogP contribution is -2.11. The third kappa shape index (κ3) is 6.97. The van der Waals surface area contributed by atoms with Gasteiger partial charge in [0, 0.05) is 77.6 Å². The summed E-state index contributed by atoms with van der Waals surface area (Å²) in [5, 5.41) is 21.2. The van der Waals surface area contributed by atoms with Gasteiger partial charge in [-0.3, -0.25) is 14.2 Å². The van der Waals surface area contributed by atoms with E-state index in [9.17, 15) is 14.7 Å². The van der Waals surface area contributed by atoms with Crippen LogP contribution in [0.1, 0.15) is 56.4 Å². The highest BCUT2D eigenvalue weighted by molar-refractivity contribution is 7.98. The van der Waals surface area contributed by atoms with E-state index >= 15 is 0 Å². The molecule has 5 rings (SSSR count). The van der Waals surface area contributed by atoms with E-state index in [-0.39, 0.29) is 12.4 Å². The number of halogens is 1. The average molecular weight is 710 g/mol. The van der Waals surface area contributed by atoms with Crippen molar-refractivity contribution in [3.63, 3.8) is 0 Å². The summed E-state index contributed by atoms with van der Waals surface area (Å²) >= 11 is 10.3. The number of hydrogen-bond donors (Lipinski definition) is 1. The van der Waals surface area contributed by atoms with Crippen molar-refractivity contribution in [2.45, 2.75) is 55.8 Å². The molecular formula is C35H40ClN5O5S2. The van der Waals surface area contributed by atoms with E-state index in [0.29, 0.717) is 40.0 Å². The predicted octanol–water partition coefficient (Wildman–Crippen LogP) is 7.21. The molecule has 0 atom stereocenters. The molecular weight excluding hydrogens is 670 g/mol. The minimum Gasteiger partial charge on any atom is -0.508 e. The number of aromatic nitrogens is 5. The number of hydrogen-bond acceptors (Lipinski definition) is 9. The van der Waals surface area contributed by atoms with Gasteiger partial charge in [0.05, 0.1) is 36.1 Å². The molecule has 2 aromatic carbocycles. The Kier molecular flexibility index (Phi) is 10.9. The van der Waals surface area contributed by atoms with Crippen LogP contribution in [0.4, 0.5) is 0 Å². The van der Waals surface area contributed by atoms with Crippen LogP contribution < -0.4 is 0 Å². The molecule has 3 heterocycles. The number of carbonyl (C=O) groups excluding carboxylic acids is 2. The van der Waals surface area contributed by atoms with Gasteiger partial charge in [0.1, 0.15) is 11.4 Å². The first-order valence-electron chi connectivity index (χ1n) is 15.4. The minimum atomic E-state index is -0.491. The minimum absolute atomic E-state index is 0.120. The molecule has 48 heavy (non-hydrogen) atoms. The molecule has 0 saturated carbocycles. The highest BCUT2D eigenvalue weighted by Gasteiger charge is 2.28. The van der Waals surface area contributed by atoms with Crippen molar-refractivity contribution in [1.29, 1.82) is 0 Å². The number of phenols is 1. The fraction of sp³-hybridized carbons (Fsp3) is 0.371. The van der Waals surface area contributed by atoms with Gasteiger partial charge in [-0.2, -0.15) is 10.2 Å². The van der Waals surface area contributed by atoms with Gasteiger partial charge in [0.15, 0.2) is 0 Å². The van der Waals surface area contributed by atoms with Gasteiger partial charge < -0.3 is 19.1 Å². The Morgan fingerprint density at radius 3 is 2.38 bits per heavy atom. The molecule has 10 nitrogen and oxygen atoms in total. The largest absolute Gasteiger partial charge is 0.508 e. The van der Waals surface area contributed by atoms with E-state index in [1.165, 1.54) is 14.2 Å². The quantitative estimate of drug-likeness (QED) is 0.106. The standard InChI is InChI=1S/C35H40ClN5O5S2/c1-19-13-24(15-29(42)20(19)2)48-17-23-14-22(37-41(23)6)16-47-18-28-31(21(3)40(5)38-28)32-27(36)11-9-25-26(10-12-30(43)45-7)34(35(44)46-8)39(4)33(25)32/h9,11,13-15,42H,10,12,16-18H2,1-8H3. The third-order valence-electron chi connectivity index (χ3n) is 8.77. The van der Waals surface area contributed by atoms with Gasteiger partial charge in [0.2, 0.25) is 0 Å². The van der Waals surface area contributed by atoms with E-state index in [2.05, 4.69) is 12.1 Å². The molecule has 254 valence electrons. The number of esters is 2. The summed E-state index contributed by atoms with van der Waals surface area (Å²) in [4.78, 5) is 26.1. The van der Waals surface area contributed by atoms with Crippen LogP contribution in [0, 0.1) is 20.8 Å². The van der Waals surface area contributed by atoms with Crippen LogP contribution in [0.2, 0.25) is 5.02 Å². The Balaban J connectivity index is 1.42. The van der Waals surface area contributed by atoms with Crippen LogP contribution in [0.25, 0.3) is 22.0 Å². The SMILES string of the molecule is COC(=O)CCc1c(C(=O)OC)n(C)c2c(-c3c(CSCc4cc(CSc5cc(C)c(C)c(O)c5)n(C)n4)nn(C)c3C)c(Cl)ccc12. The molecule has 0 aliphatic carbocycles. The Labute approximate surface area is 293 Å². The number of aromatic hydroxyl groups is 1. The van der Waals surface area contributed by atoms with Crippen molar-refractivity contribution in [2.75, 3.05) is 14.2 Å². The molecule has 0 aliphatic heterocycles. The molecule has 0 amide bonds. The number of carbonyl (C=O) groups is 2. The Hall–Kier alpha value is -3.87. The first-order chi connectivity index (χ1) is 22.9. The van der Waals surface area contributed by atoms with Crippen molar-refractivity contribution in [2.24, 2.45) is 21.1 Å². The second-order valence-electron chi connectivity index (χ2n) is 11.7. The Morgan fingerprint density at radius 2 is 1.69 bits per heavy atom. The van der Waals surface area contributed by atoms with Gasteiger partial charge in [-0.15, -0.1) is 23.5 Å². The summed E-state index contributed by atoms with van der Waals surface area (Å²) in [5.41, 5.74) is 9.37. The number of ether oxygens (including phenoxy) is 2. The highest BCUT2D eigenvalue weighted by atomic mass is 35.5. The lowest BCUT2D eigenvalue weighted by atomic mass is 9.98. The zero-order valence-corrected chi connectivity index (χ0v) is 30.8. The summed E-state index contributed by atoms with van der Waals surface area (Å²) in [6, 6.07) is 9.75. The number of methoxy groups -OCH3 is 2. The zero-order valence-electron chi connectivity index (χ0n) is 28.4. The van der Waals surface area contributed by atoms with E-state index in [0.717, 1.165) is 66.6 Å². The molecule has 0 unspecified atom stereocenters. The Bertz CT molecular complexity index is 2010. The summed E-state index contributed by atoms with van der Waals surface area (Å²) in [6.07, 6.45) is 0.427. The molecule has 0 spiro atoms. The van der Waals surface area contributed by atoms with E-state index < -0.39 is 5.97 Å². The number of thioether (sulfide) groups is 2. The number of nitrogens with zero attached hydrogens (tertiary/aromatic N) is 5. The maximum Gasteiger partial charge on any atom is 0.354 e. The van der Waals surface area contributed by atoms with Gasteiger partial charge in [-0.25, -0.2) is 4.79 Å².